The smallest absolute Gasteiger partial charge is 0.163 e. The van der Waals surface area contributed by atoms with Crippen LogP contribution in [0.2, 0.25) is 0 Å². The van der Waals surface area contributed by atoms with Gasteiger partial charge in [0.25, 0.3) is 0 Å². The molecule has 1 saturated carbocycles. The number of Topliss-reactive ketones (excluding diaryl/α,β-unsaturated/α-hetero) is 1. The first-order chi connectivity index (χ1) is 11.9. The van der Waals surface area contributed by atoms with Crippen LogP contribution in [0.3, 0.4) is 0 Å². The van der Waals surface area contributed by atoms with E-state index < -0.39 is 0 Å². The lowest BCUT2D eigenvalue weighted by atomic mass is 9.85. The summed E-state index contributed by atoms with van der Waals surface area (Å²) in [7, 11) is 4.29. The fourth-order valence-corrected chi connectivity index (χ4v) is 4.16. The lowest BCUT2D eigenvalue weighted by Gasteiger charge is -2.32. The number of carbonyl (C=O) groups is 1. The Kier molecular flexibility index (Phi) is 5.74. The average Bonchev–Trinajstić information content (AvgIpc) is 2.56. The highest BCUT2D eigenvalue weighted by molar-refractivity contribution is 9.10. The number of ketones is 1. The molecule has 25 heavy (non-hydrogen) atoms. The van der Waals surface area contributed by atoms with Crippen LogP contribution >= 0.6 is 15.9 Å². The Bertz CT molecular complexity index is 767. The Balaban J connectivity index is 1.84. The third kappa shape index (κ3) is 4.39. The van der Waals surface area contributed by atoms with E-state index >= 15 is 0 Å². The quantitative estimate of drug-likeness (QED) is 0.732. The zero-order valence-electron chi connectivity index (χ0n) is 15.2. The van der Waals surface area contributed by atoms with Crippen LogP contribution < -0.4 is 5.32 Å². The number of carbonyl (C=O) groups excluding carboxylic acids is 1. The van der Waals surface area contributed by atoms with E-state index in [0.717, 1.165) is 46.4 Å². The molecule has 0 spiro atoms. The molecule has 0 amide bonds. The maximum absolute atomic E-state index is 12.1. The van der Waals surface area contributed by atoms with Crippen molar-refractivity contribution in [1.29, 1.82) is 0 Å². The van der Waals surface area contributed by atoms with E-state index in [4.69, 9.17) is 0 Å². The van der Waals surface area contributed by atoms with E-state index in [2.05, 4.69) is 51.3 Å². The summed E-state index contributed by atoms with van der Waals surface area (Å²) in [5, 5.41) is 4.69. The van der Waals surface area contributed by atoms with Gasteiger partial charge in [-0.25, -0.2) is 0 Å². The number of nitrogens with zero attached hydrogens (tertiary/aromatic N) is 2. The molecule has 2 aromatic rings. The fourth-order valence-electron chi connectivity index (χ4n) is 3.80. The number of anilines is 1. The summed E-state index contributed by atoms with van der Waals surface area (Å²) in [6.45, 7) is 2.77. The Morgan fingerprint density at radius 2 is 2.00 bits per heavy atom. The van der Waals surface area contributed by atoms with E-state index in [9.17, 15) is 4.79 Å². The number of halogens is 1. The highest BCUT2D eigenvalue weighted by Crippen LogP contribution is 2.33. The molecule has 4 nitrogen and oxygen atoms in total. The number of aromatic nitrogens is 1. The van der Waals surface area contributed by atoms with Crippen LogP contribution in [-0.2, 0) is 0 Å². The third-order valence-corrected chi connectivity index (χ3v) is 5.52. The predicted octanol–water partition coefficient (Wildman–Crippen LogP) is 4.73. The van der Waals surface area contributed by atoms with Crippen molar-refractivity contribution in [2.45, 2.75) is 38.6 Å². The highest BCUT2D eigenvalue weighted by atomic mass is 79.9. The molecular formula is C20H26BrN3O. The molecule has 0 radical (unpaired) electrons. The first-order valence-corrected chi connectivity index (χ1v) is 9.74. The molecule has 3 rings (SSSR count). The van der Waals surface area contributed by atoms with Gasteiger partial charge in [0.2, 0.25) is 0 Å². The maximum Gasteiger partial charge on any atom is 0.163 e. The number of hydrogen-bond donors (Lipinski definition) is 1. The van der Waals surface area contributed by atoms with Gasteiger partial charge in [-0.15, -0.1) is 0 Å². The summed E-state index contributed by atoms with van der Waals surface area (Å²) in [5.41, 5.74) is 2.54. The molecule has 0 unspecified atom stereocenters. The van der Waals surface area contributed by atoms with Gasteiger partial charge in [0.1, 0.15) is 0 Å². The second-order valence-electron chi connectivity index (χ2n) is 7.39. The van der Waals surface area contributed by atoms with Gasteiger partial charge in [0, 0.05) is 28.6 Å². The molecule has 1 aromatic heterocycles. The number of fused-ring (bicyclic) bond motifs is 1. The van der Waals surface area contributed by atoms with E-state index in [-0.39, 0.29) is 5.78 Å². The second-order valence-corrected chi connectivity index (χ2v) is 8.30. The van der Waals surface area contributed by atoms with Gasteiger partial charge < -0.3 is 10.2 Å². The second kappa shape index (κ2) is 7.83. The molecule has 1 aromatic carbocycles. The van der Waals surface area contributed by atoms with Crippen LogP contribution in [0.15, 0.2) is 28.9 Å². The minimum absolute atomic E-state index is 0.0539. The van der Waals surface area contributed by atoms with Crippen molar-refractivity contribution < 1.29 is 4.79 Å². The van der Waals surface area contributed by atoms with Crippen LogP contribution in [0.5, 0.6) is 0 Å². The number of nitrogens with one attached hydrogen (secondary N) is 1. The maximum atomic E-state index is 12.1. The molecule has 0 atom stereocenters. The van der Waals surface area contributed by atoms with E-state index in [1.807, 2.05) is 12.1 Å². The zero-order valence-corrected chi connectivity index (χ0v) is 16.8. The van der Waals surface area contributed by atoms with Crippen molar-refractivity contribution >= 4 is 38.3 Å². The summed E-state index contributed by atoms with van der Waals surface area (Å²) in [5.74, 6) is 0.835. The molecule has 1 aliphatic carbocycles. The SMILES string of the molecule is CC(=O)c1cnc2ccc(Br)cc2c1NC1CCC(CN(C)C)CC1. The molecule has 1 aliphatic rings. The minimum Gasteiger partial charge on any atom is -0.381 e. The molecule has 1 N–H and O–H groups in total. The number of pyridine rings is 1. The zero-order chi connectivity index (χ0) is 18.0. The van der Waals surface area contributed by atoms with Gasteiger partial charge in [-0.1, -0.05) is 15.9 Å². The van der Waals surface area contributed by atoms with E-state index in [0.29, 0.717) is 11.6 Å². The van der Waals surface area contributed by atoms with Crippen molar-refractivity contribution in [2.24, 2.45) is 5.92 Å². The highest BCUT2D eigenvalue weighted by Gasteiger charge is 2.23. The monoisotopic (exact) mass is 403 g/mol. The van der Waals surface area contributed by atoms with Gasteiger partial charge in [-0.2, -0.15) is 0 Å². The first kappa shape index (κ1) is 18.3. The van der Waals surface area contributed by atoms with E-state index in [1.54, 1.807) is 13.1 Å². The Hall–Kier alpha value is -1.46. The van der Waals surface area contributed by atoms with Crippen molar-refractivity contribution in [2.75, 3.05) is 26.0 Å². The van der Waals surface area contributed by atoms with Crippen molar-refractivity contribution in [3.05, 3.63) is 34.4 Å². The summed E-state index contributed by atoms with van der Waals surface area (Å²) in [6, 6.07) is 6.44. The number of hydrogen-bond acceptors (Lipinski definition) is 4. The lowest BCUT2D eigenvalue weighted by Crippen LogP contribution is -2.31. The lowest BCUT2D eigenvalue weighted by molar-refractivity contribution is 0.101. The molecule has 0 aliphatic heterocycles. The molecule has 0 saturated heterocycles. The fraction of sp³-hybridized carbons (Fsp3) is 0.500. The van der Waals surface area contributed by atoms with Gasteiger partial charge in [0.15, 0.2) is 5.78 Å². The van der Waals surface area contributed by atoms with Crippen molar-refractivity contribution in [3.8, 4) is 0 Å². The van der Waals surface area contributed by atoms with Gasteiger partial charge >= 0.3 is 0 Å². The van der Waals surface area contributed by atoms with Gasteiger partial charge in [-0.05, 0) is 70.8 Å². The normalized spacial score (nSPS) is 20.8. The molecule has 5 heteroatoms. The van der Waals surface area contributed by atoms with Gasteiger partial charge in [0.05, 0.1) is 16.8 Å². The van der Waals surface area contributed by atoms with Gasteiger partial charge in [-0.3, -0.25) is 9.78 Å². The molecule has 1 fully saturated rings. The third-order valence-electron chi connectivity index (χ3n) is 5.03. The van der Waals surface area contributed by atoms with E-state index in [1.165, 1.54) is 12.8 Å². The molecule has 134 valence electrons. The minimum atomic E-state index is 0.0539. The Morgan fingerprint density at radius 1 is 1.28 bits per heavy atom. The standard InChI is InChI=1S/C20H26BrN3O/c1-13(25)18-11-22-19-9-6-15(21)10-17(19)20(18)23-16-7-4-14(5-8-16)12-24(2)3/h6,9-11,14,16H,4-5,7-8,12H2,1-3H3,(H,22,23). The van der Waals surface area contributed by atoms with Crippen LogP contribution in [0.25, 0.3) is 10.9 Å². The van der Waals surface area contributed by atoms with Crippen LogP contribution in [-0.4, -0.2) is 42.3 Å². The number of benzene rings is 1. The molecular weight excluding hydrogens is 378 g/mol. The predicted molar refractivity (Wildman–Crippen MR) is 107 cm³/mol. The average molecular weight is 404 g/mol. The topological polar surface area (TPSA) is 45.2 Å². The van der Waals surface area contributed by atoms with Crippen LogP contribution in [0.1, 0.15) is 43.0 Å². The first-order valence-electron chi connectivity index (χ1n) is 8.94. The largest absolute Gasteiger partial charge is 0.381 e. The summed E-state index contributed by atoms with van der Waals surface area (Å²) < 4.78 is 1.00. The van der Waals surface area contributed by atoms with Crippen LogP contribution in [0, 0.1) is 5.92 Å². The Labute approximate surface area is 158 Å². The Morgan fingerprint density at radius 3 is 2.64 bits per heavy atom. The number of rotatable bonds is 5. The summed E-state index contributed by atoms with van der Waals surface area (Å²) >= 11 is 3.54. The van der Waals surface area contributed by atoms with Crippen molar-refractivity contribution in [3.63, 3.8) is 0 Å². The molecule has 0 bridgehead atoms. The summed E-state index contributed by atoms with van der Waals surface area (Å²) in [6.07, 6.45) is 6.47. The van der Waals surface area contributed by atoms with Crippen LogP contribution in [0.4, 0.5) is 5.69 Å². The molecule has 1 heterocycles. The summed E-state index contributed by atoms with van der Waals surface area (Å²) in [4.78, 5) is 18.8. The van der Waals surface area contributed by atoms with Crippen molar-refractivity contribution in [1.82, 2.24) is 9.88 Å².